The molecule has 1 aliphatic rings. The quantitative estimate of drug-likeness (QED) is 0.414. The molecule has 0 atom stereocenters. The van der Waals surface area contributed by atoms with E-state index in [1.54, 1.807) is 6.07 Å². The van der Waals surface area contributed by atoms with Crippen molar-refractivity contribution in [3.8, 4) is 0 Å². The molecule has 1 saturated heterocycles. The largest absolute Gasteiger partial charge is 0.351 e. The van der Waals surface area contributed by atoms with Gasteiger partial charge in [0.15, 0.2) is 0 Å². The fourth-order valence-corrected chi connectivity index (χ4v) is 4.31. The number of non-ortho nitro benzene ring substituents is 1. The number of hydrogen-bond acceptors (Lipinski definition) is 8. The summed E-state index contributed by atoms with van der Waals surface area (Å²) in [6, 6.07) is 16.0. The van der Waals surface area contributed by atoms with Gasteiger partial charge in [0.25, 0.3) is 11.6 Å². The Balaban J connectivity index is 1.20. The van der Waals surface area contributed by atoms with Crippen LogP contribution in [0, 0.1) is 10.1 Å². The van der Waals surface area contributed by atoms with Crippen molar-refractivity contribution in [1.29, 1.82) is 0 Å². The van der Waals surface area contributed by atoms with E-state index in [4.69, 9.17) is 4.98 Å². The molecule has 2 aromatic carbocycles. The van der Waals surface area contributed by atoms with Crippen LogP contribution in [0.25, 0.3) is 0 Å². The van der Waals surface area contributed by atoms with E-state index in [1.165, 1.54) is 35.3 Å². The van der Waals surface area contributed by atoms with Crippen molar-refractivity contribution in [2.75, 3.05) is 44.2 Å². The van der Waals surface area contributed by atoms with Gasteiger partial charge in [0.1, 0.15) is 5.82 Å². The number of aromatic nitrogens is 2. The zero-order valence-electron chi connectivity index (χ0n) is 17.5. The van der Waals surface area contributed by atoms with Crippen molar-refractivity contribution in [1.82, 2.24) is 19.6 Å². The molecule has 4 rings (SSSR count). The molecule has 32 heavy (non-hydrogen) atoms. The molecule has 0 aliphatic carbocycles. The fraction of sp³-hybridized carbons (Fsp3) is 0.318. The van der Waals surface area contributed by atoms with E-state index in [9.17, 15) is 14.9 Å². The van der Waals surface area contributed by atoms with Crippen molar-refractivity contribution in [3.63, 3.8) is 0 Å². The maximum absolute atomic E-state index is 12.3. The molecule has 0 bridgehead atoms. The summed E-state index contributed by atoms with van der Waals surface area (Å²) in [4.78, 5) is 31.9. The lowest BCUT2D eigenvalue weighted by Crippen LogP contribution is -2.48. The van der Waals surface area contributed by atoms with E-state index in [-0.39, 0.29) is 11.6 Å². The number of carbonyl (C=O) groups excluding carboxylic acids is 1. The zero-order valence-corrected chi connectivity index (χ0v) is 18.3. The molecule has 1 amide bonds. The number of anilines is 1. The molecule has 1 aromatic heterocycles. The summed E-state index contributed by atoms with van der Waals surface area (Å²) in [6.45, 7) is 4.68. The first-order valence-electron chi connectivity index (χ1n) is 10.4. The molecule has 0 unspecified atom stereocenters. The van der Waals surface area contributed by atoms with Crippen molar-refractivity contribution in [3.05, 3.63) is 81.7 Å². The number of benzene rings is 2. The lowest BCUT2D eigenvalue weighted by Gasteiger charge is -2.34. The van der Waals surface area contributed by atoms with Gasteiger partial charge in [-0.15, -0.1) is 0 Å². The highest BCUT2D eigenvalue weighted by Gasteiger charge is 2.20. The van der Waals surface area contributed by atoms with E-state index in [0.717, 1.165) is 50.1 Å². The Labute approximate surface area is 190 Å². The summed E-state index contributed by atoms with van der Waals surface area (Å²) in [5, 5.41) is 14.7. The van der Waals surface area contributed by atoms with Crippen LogP contribution < -0.4 is 10.2 Å². The smallest absolute Gasteiger partial charge is 0.270 e. The average Bonchev–Trinajstić information content (AvgIpc) is 3.28. The first-order valence-corrected chi connectivity index (χ1v) is 11.2. The third kappa shape index (κ3) is 5.65. The second kappa shape index (κ2) is 10.3. The maximum Gasteiger partial charge on any atom is 0.270 e. The Hall–Kier alpha value is -3.37. The molecule has 3 aromatic rings. The second-order valence-electron chi connectivity index (χ2n) is 7.55. The van der Waals surface area contributed by atoms with Crippen LogP contribution in [0.1, 0.15) is 21.7 Å². The van der Waals surface area contributed by atoms with Crippen molar-refractivity contribution in [2.45, 2.75) is 6.42 Å². The standard InChI is InChI=1S/C22H24N6O3S/c29-21(18-7-4-8-19(16-18)28(30)31)23-9-10-26-11-13-27(14-12-26)22-24-20(25-32-22)15-17-5-2-1-3-6-17/h1-8,16H,9-15H2,(H,23,29). The van der Waals surface area contributed by atoms with E-state index in [1.807, 2.05) is 18.2 Å². The second-order valence-corrected chi connectivity index (χ2v) is 8.28. The number of nitrogens with zero attached hydrogens (tertiary/aromatic N) is 5. The van der Waals surface area contributed by atoms with Crippen LogP contribution in [0.2, 0.25) is 0 Å². The van der Waals surface area contributed by atoms with Gasteiger partial charge in [-0.2, -0.15) is 4.37 Å². The topological polar surface area (TPSA) is 104 Å². The summed E-state index contributed by atoms with van der Waals surface area (Å²) >= 11 is 1.44. The van der Waals surface area contributed by atoms with Gasteiger partial charge in [-0.25, -0.2) is 4.98 Å². The van der Waals surface area contributed by atoms with E-state index in [2.05, 4.69) is 31.6 Å². The first-order chi connectivity index (χ1) is 15.6. The number of amides is 1. The van der Waals surface area contributed by atoms with Crippen LogP contribution >= 0.6 is 11.5 Å². The van der Waals surface area contributed by atoms with Crippen LogP contribution in [0.5, 0.6) is 0 Å². The Morgan fingerprint density at radius 1 is 1.09 bits per heavy atom. The van der Waals surface area contributed by atoms with Crippen LogP contribution in [0.4, 0.5) is 10.8 Å². The molecule has 10 heteroatoms. The number of nitro groups is 1. The summed E-state index contributed by atoms with van der Waals surface area (Å²) in [6.07, 6.45) is 0.738. The number of hydrogen-bond donors (Lipinski definition) is 1. The minimum absolute atomic E-state index is 0.0858. The summed E-state index contributed by atoms with van der Waals surface area (Å²) in [5.41, 5.74) is 1.41. The van der Waals surface area contributed by atoms with Crippen LogP contribution in [-0.2, 0) is 6.42 Å². The summed E-state index contributed by atoms with van der Waals surface area (Å²) in [7, 11) is 0. The maximum atomic E-state index is 12.3. The molecule has 0 spiro atoms. The van der Waals surface area contributed by atoms with E-state index >= 15 is 0 Å². The number of piperazine rings is 1. The highest BCUT2D eigenvalue weighted by molar-refractivity contribution is 7.09. The molecule has 0 radical (unpaired) electrons. The third-order valence-electron chi connectivity index (χ3n) is 5.34. The van der Waals surface area contributed by atoms with E-state index in [0.29, 0.717) is 12.1 Å². The molecule has 1 N–H and O–H groups in total. The summed E-state index contributed by atoms with van der Waals surface area (Å²) in [5.74, 6) is 0.551. The minimum atomic E-state index is -0.501. The number of nitrogens with one attached hydrogen (secondary N) is 1. The average molecular weight is 453 g/mol. The Kier molecular flexibility index (Phi) is 7.03. The third-order valence-corrected chi connectivity index (χ3v) is 6.15. The Morgan fingerprint density at radius 3 is 2.62 bits per heavy atom. The fourth-order valence-electron chi connectivity index (χ4n) is 3.58. The van der Waals surface area contributed by atoms with Crippen LogP contribution in [0.15, 0.2) is 54.6 Å². The lowest BCUT2D eigenvalue weighted by molar-refractivity contribution is -0.384. The molecule has 166 valence electrons. The molecular weight excluding hydrogens is 428 g/mol. The van der Waals surface area contributed by atoms with Crippen LogP contribution in [-0.4, -0.2) is 64.4 Å². The molecule has 1 fully saturated rings. The van der Waals surface area contributed by atoms with Gasteiger partial charge >= 0.3 is 0 Å². The highest BCUT2D eigenvalue weighted by atomic mass is 32.1. The number of rotatable bonds is 8. The Morgan fingerprint density at radius 2 is 1.88 bits per heavy atom. The SMILES string of the molecule is O=C(NCCN1CCN(c2nc(Cc3ccccc3)ns2)CC1)c1cccc([N+](=O)[O-])c1. The molecule has 0 saturated carbocycles. The number of nitro benzene ring substituents is 1. The van der Waals surface area contributed by atoms with Crippen molar-refractivity contribution < 1.29 is 9.72 Å². The normalized spacial score (nSPS) is 14.3. The predicted octanol–water partition coefficient (Wildman–Crippen LogP) is 2.59. The van der Waals surface area contributed by atoms with Crippen molar-refractivity contribution in [2.24, 2.45) is 0 Å². The van der Waals surface area contributed by atoms with Crippen LogP contribution in [0.3, 0.4) is 0 Å². The molecule has 1 aliphatic heterocycles. The molecular formula is C22H24N6O3S. The minimum Gasteiger partial charge on any atom is -0.351 e. The highest BCUT2D eigenvalue weighted by Crippen LogP contribution is 2.20. The van der Waals surface area contributed by atoms with Gasteiger partial charge < -0.3 is 10.2 Å². The monoisotopic (exact) mass is 452 g/mol. The number of carbonyl (C=O) groups is 1. The first kappa shape index (κ1) is 21.8. The van der Waals surface area contributed by atoms with Gasteiger partial charge in [0.05, 0.1) is 4.92 Å². The molecule has 2 heterocycles. The van der Waals surface area contributed by atoms with Gasteiger partial charge in [-0.05, 0) is 11.6 Å². The van der Waals surface area contributed by atoms with Gasteiger partial charge in [-0.3, -0.25) is 19.8 Å². The van der Waals surface area contributed by atoms with Gasteiger partial charge in [0, 0.05) is 74.9 Å². The Bertz CT molecular complexity index is 1070. The zero-order chi connectivity index (χ0) is 22.3. The van der Waals surface area contributed by atoms with Gasteiger partial charge in [-0.1, -0.05) is 36.4 Å². The van der Waals surface area contributed by atoms with Crippen molar-refractivity contribution >= 4 is 28.3 Å². The summed E-state index contributed by atoms with van der Waals surface area (Å²) < 4.78 is 4.51. The molecule has 9 nitrogen and oxygen atoms in total. The van der Waals surface area contributed by atoms with Gasteiger partial charge in [0.2, 0.25) is 5.13 Å². The van der Waals surface area contributed by atoms with E-state index < -0.39 is 4.92 Å². The predicted molar refractivity (Wildman–Crippen MR) is 123 cm³/mol. The lowest BCUT2D eigenvalue weighted by atomic mass is 10.1.